The molecule has 1 atom stereocenters. The van der Waals surface area contributed by atoms with E-state index >= 15 is 0 Å². The Morgan fingerprint density at radius 2 is 2.29 bits per heavy atom. The van der Waals surface area contributed by atoms with Crippen LogP contribution in [0.4, 0.5) is 0 Å². The Morgan fingerprint density at radius 3 is 3.00 bits per heavy atom. The molecule has 1 saturated heterocycles. The average Bonchev–Trinajstić information content (AvgIpc) is 2.84. The quantitative estimate of drug-likeness (QED) is 0.917. The fourth-order valence-corrected chi connectivity index (χ4v) is 3.54. The molecular weight excluding hydrogens is 282 g/mol. The molecule has 3 nitrogen and oxygen atoms in total. The van der Waals surface area contributed by atoms with Crippen LogP contribution in [0.25, 0.3) is 11.0 Å². The van der Waals surface area contributed by atoms with Crippen LogP contribution in [-0.2, 0) is 6.42 Å². The van der Waals surface area contributed by atoms with Gasteiger partial charge in [0.25, 0.3) is 0 Å². The lowest BCUT2D eigenvalue weighted by atomic mass is 9.94. The van der Waals surface area contributed by atoms with Gasteiger partial charge < -0.3 is 9.88 Å². The van der Waals surface area contributed by atoms with Crippen molar-refractivity contribution >= 4 is 22.6 Å². The molecule has 1 N–H and O–H groups in total. The molecule has 0 bridgehead atoms. The summed E-state index contributed by atoms with van der Waals surface area (Å²) in [5, 5.41) is 4.28. The topological polar surface area (TPSA) is 29.9 Å². The molecule has 21 heavy (non-hydrogen) atoms. The van der Waals surface area contributed by atoms with Crippen molar-refractivity contribution in [1.29, 1.82) is 0 Å². The number of hydrogen-bond donors (Lipinski definition) is 1. The minimum Gasteiger partial charge on any atom is -0.325 e. The van der Waals surface area contributed by atoms with E-state index in [1.165, 1.54) is 31.6 Å². The van der Waals surface area contributed by atoms with Crippen LogP contribution in [0.5, 0.6) is 0 Å². The molecule has 1 aliphatic rings. The molecule has 0 aliphatic carbocycles. The smallest absolute Gasteiger partial charge is 0.110 e. The number of benzene rings is 1. The maximum Gasteiger partial charge on any atom is 0.110 e. The van der Waals surface area contributed by atoms with Gasteiger partial charge in [0, 0.05) is 17.5 Å². The molecule has 114 valence electrons. The molecule has 0 amide bonds. The Morgan fingerprint density at radius 1 is 1.43 bits per heavy atom. The number of aromatic nitrogens is 2. The molecule has 1 aromatic carbocycles. The summed E-state index contributed by atoms with van der Waals surface area (Å²) in [4.78, 5) is 4.84. The lowest BCUT2D eigenvalue weighted by molar-refractivity contribution is 0.354. The molecule has 0 radical (unpaired) electrons. The standard InChI is InChI=1S/C17H24ClN3/c1-12(2)21-16-10-14(18)6-7-15(16)20-17(21)8-5-13-4-3-9-19-11-13/h6-7,10,12-13,19H,3-5,8-9,11H2,1-2H3. The third-order valence-corrected chi connectivity index (χ3v) is 4.65. The molecule has 3 rings (SSSR count). The van der Waals surface area contributed by atoms with Crippen molar-refractivity contribution in [2.75, 3.05) is 13.1 Å². The van der Waals surface area contributed by atoms with E-state index in [1.54, 1.807) is 0 Å². The summed E-state index contributed by atoms with van der Waals surface area (Å²) >= 11 is 6.15. The Bertz CT molecular complexity index is 612. The number of halogens is 1. The van der Waals surface area contributed by atoms with Crippen molar-refractivity contribution in [2.24, 2.45) is 5.92 Å². The molecule has 2 aromatic rings. The average molecular weight is 306 g/mol. The van der Waals surface area contributed by atoms with E-state index in [4.69, 9.17) is 16.6 Å². The van der Waals surface area contributed by atoms with Gasteiger partial charge in [-0.2, -0.15) is 0 Å². The van der Waals surface area contributed by atoms with Crippen molar-refractivity contribution < 1.29 is 0 Å². The van der Waals surface area contributed by atoms with Crippen LogP contribution in [0.15, 0.2) is 18.2 Å². The highest BCUT2D eigenvalue weighted by Crippen LogP contribution is 2.26. The van der Waals surface area contributed by atoms with Crippen LogP contribution in [0.1, 0.15) is 45.0 Å². The number of aryl methyl sites for hydroxylation is 1. The second-order valence-electron chi connectivity index (χ2n) is 6.38. The zero-order valence-corrected chi connectivity index (χ0v) is 13.7. The molecule has 1 aromatic heterocycles. The lowest BCUT2D eigenvalue weighted by Gasteiger charge is -2.23. The highest BCUT2D eigenvalue weighted by Gasteiger charge is 2.17. The van der Waals surface area contributed by atoms with Crippen molar-refractivity contribution in [2.45, 2.75) is 45.6 Å². The minimum absolute atomic E-state index is 0.410. The van der Waals surface area contributed by atoms with Crippen molar-refractivity contribution in [3.63, 3.8) is 0 Å². The predicted molar refractivity (Wildman–Crippen MR) is 89.0 cm³/mol. The van der Waals surface area contributed by atoms with Crippen LogP contribution >= 0.6 is 11.6 Å². The first-order valence-corrected chi connectivity index (χ1v) is 8.40. The van der Waals surface area contributed by atoms with E-state index in [1.807, 2.05) is 18.2 Å². The first kappa shape index (κ1) is 14.9. The second kappa shape index (κ2) is 6.37. The third kappa shape index (κ3) is 3.24. The number of rotatable bonds is 4. The zero-order chi connectivity index (χ0) is 14.8. The summed E-state index contributed by atoms with van der Waals surface area (Å²) in [5.41, 5.74) is 2.22. The van der Waals surface area contributed by atoms with Gasteiger partial charge in [-0.3, -0.25) is 0 Å². The van der Waals surface area contributed by atoms with Gasteiger partial charge in [-0.15, -0.1) is 0 Å². The number of hydrogen-bond acceptors (Lipinski definition) is 2. The van der Waals surface area contributed by atoms with E-state index in [-0.39, 0.29) is 0 Å². The van der Waals surface area contributed by atoms with E-state index in [0.717, 1.165) is 34.9 Å². The monoisotopic (exact) mass is 305 g/mol. The summed E-state index contributed by atoms with van der Waals surface area (Å²) in [5.74, 6) is 2.00. The molecule has 0 spiro atoms. The van der Waals surface area contributed by atoms with Crippen molar-refractivity contribution in [1.82, 2.24) is 14.9 Å². The van der Waals surface area contributed by atoms with Gasteiger partial charge in [-0.05, 0) is 70.3 Å². The Labute approximate surface area is 131 Å². The molecule has 1 fully saturated rings. The fourth-order valence-electron chi connectivity index (χ4n) is 3.37. The third-order valence-electron chi connectivity index (χ3n) is 4.42. The van der Waals surface area contributed by atoms with Crippen LogP contribution in [0.2, 0.25) is 5.02 Å². The summed E-state index contributed by atoms with van der Waals surface area (Å²) in [6.07, 6.45) is 4.93. The lowest BCUT2D eigenvalue weighted by Crippen LogP contribution is -2.30. The van der Waals surface area contributed by atoms with Gasteiger partial charge in [0.15, 0.2) is 0 Å². The highest BCUT2D eigenvalue weighted by atomic mass is 35.5. The van der Waals surface area contributed by atoms with Crippen LogP contribution in [0.3, 0.4) is 0 Å². The number of nitrogens with one attached hydrogen (secondary N) is 1. The maximum absolute atomic E-state index is 6.15. The molecule has 4 heteroatoms. The van der Waals surface area contributed by atoms with Crippen molar-refractivity contribution in [3.8, 4) is 0 Å². The molecular formula is C17H24ClN3. The highest BCUT2D eigenvalue weighted by molar-refractivity contribution is 6.31. The normalized spacial score (nSPS) is 19.5. The summed E-state index contributed by atoms with van der Waals surface area (Å²) in [6, 6.07) is 6.40. The molecule has 1 unspecified atom stereocenters. The zero-order valence-electron chi connectivity index (χ0n) is 12.9. The van der Waals surface area contributed by atoms with Gasteiger partial charge >= 0.3 is 0 Å². The van der Waals surface area contributed by atoms with Crippen LogP contribution in [0, 0.1) is 5.92 Å². The first-order chi connectivity index (χ1) is 10.1. The SMILES string of the molecule is CC(C)n1c(CCC2CCCNC2)nc2ccc(Cl)cc21. The van der Waals surface area contributed by atoms with E-state index in [2.05, 4.69) is 23.7 Å². The first-order valence-electron chi connectivity index (χ1n) is 8.02. The largest absolute Gasteiger partial charge is 0.325 e. The molecule has 2 heterocycles. The van der Waals surface area contributed by atoms with Crippen LogP contribution in [-0.4, -0.2) is 22.6 Å². The van der Waals surface area contributed by atoms with E-state index < -0.39 is 0 Å². The Balaban J connectivity index is 1.84. The maximum atomic E-state index is 6.15. The molecule has 1 aliphatic heterocycles. The number of nitrogens with zero attached hydrogens (tertiary/aromatic N) is 2. The second-order valence-corrected chi connectivity index (χ2v) is 6.81. The summed E-state index contributed by atoms with van der Waals surface area (Å²) in [6.45, 7) is 6.77. The Hall–Kier alpha value is -1.06. The van der Waals surface area contributed by atoms with E-state index in [0.29, 0.717) is 6.04 Å². The van der Waals surface area contributed by atoms with Gasteiger partial charge in [0.2, 0.25) is 0 Å². The summed E-state index contributed by atoms with van der Waals surface area (Å²) in [7, 11) is 0. The Kier molecular flexibility index (Phi) is 4.51. The number of piperidine rings is 1. The fraction of sp³-hybridized carbons (Fsp3) is 0.588. The summed E-state index contributed by atoms with van der Waals surface area (Å²) < 4.78 is 2.34. The number of fused-ring (bicyclic) bond motifs is 1. The number of imidazole rings is 1. The minimum atomic E-state index is 0.410. The van der Waals surface area contributed by atoms with E-state index in [9.17, 15) is 0 Å². The predicted octanol–water partition coefficient (Wildman–Crippen LogP) is 4.20. The van der Waals surface area contributed by atoms with Gasteiger partial charge in [-0.25, -0.2) is 4.98 Å². The van der Waals surface area contributed by atoms with Gasteiger partial charge in [-0.1, -0.05) is 11.6 Å². The van der Waals surface area contributed by atoms with Gasteiger partial charge in [0.05, 0.1) is 11.0 Å². The van der Waals surface area contributed by atoms with Crippen LogP contribution < -0.4 is 5.32 Å². The van der Waals surface area contributed by atoms with Gasteiger partial charge in [0.1, 0.15) is 5.82 Å². The van der Waals surface area contributed by atoms with Crippen molar-refractivity contribution in [3.05, 3.63) is 29.0 Å². The molecule has 0 saturated carbocycles.